The van der Waals surface area contributed by atoms with Crippen molar-refractivity contribution in [1.82, 2.24) is 14.5 Å². The monoisotopic (exact) mass is 256 g/mol. The molecule has 0 saturated heterocycles. The van der Waals surface area contributed by atoms with Crippen molar-refractivity contribution >= 4 is 16.8 Å². The first kappa shape index (κ1) is 11.8. The Bertz CT molecular complexity index is 711. The molecule has 0 radical (unpaired) electrons. The van der Waals surface area contributed by atoms with E-state index in [2.05, 4.69) is 28.4 Å². The Hall–Kier alpha value is -2.30. The highest BCUT2D eigenvalue weighted by Gasteiger charge is 2.11. The summed E-state index contributed by atoms with van der Waals surface area (Å²) >= 11 is 0. The van der Waals surface area contributed by atoms with Gasteiger partial charge in [-0.2, -0.15) is 0 Å². The fourth-order valence-corrected chi connectivity index (χ4v) is 2.16. The quantitative estimate of drug-likeness (QED) is 0.731. The number of fused-ring (bicyclic) bond motifs is 1. The standard InChI is InChI=1S/C14H16N4O/c1-9(2)14-16-5-6-18(14)8-13-17-11-4-3-10(15)7-12(11)19-13/h3-7,9H,8,15H2,1-2H3. The Balaban J connectivity index is 1.94. The van der Waals surface area contributed by atoms with Gasteiger partial charge in [-0.25, -0.2) is 9.97 Å². The molecule has 5 heteroatoms. The third kappa shape index (κ3) is 2.19. The first-order valence-corrected chi connectivity index (χ1v) is 6.29. The zero-order valence-corrected chi connectivity index (χ0v) is 11.0. The minimum Gasteiger partial charge on any atom is -0.439 e. The molecular weight excluding hydrogens is 240 g/mol. The van der Waals surface area contributed by atoms with E-state index in [1.807, 2.05) is 18.3 Å². The topological polar surface area (TPSA) is 69.9 Å². The van der Waals surface area contributed by atoms with Crippen LogP contribution in [0.5, 0.6) is 0 Å². The molecule has 5 nitrogen and oxygen atoms in total. The lowest BCUT2D eigenvalue weighted by molar-refractivity contribution is 0.499. The summed E-state index contributed by atoms with van der Waals surface area (Å²) in [5.41, 5.74) is 7.96. The van der Waals surface area contributed by atoms with Gasteiger partial charge in [0.05, 0.1) is 0 Å². The van der Waals surface area contributed by atoms with Crippen molar-refractivity contribution in [2.75, 3.05) is 5.73 Å². The number of nitrogen functional groups attached to an aromatic ring is 1. The second-order valence-corrected chi connectivity index (χ2v) is 4.90. The van der Waals surface area contributed by atoms with Gasteiger partial charge in [-0.05, 0) is 12.1 Å². The van der Waals surface area contributed by atoms with E-state index < -0.39 is 0 Å². The van der Waals surface area contributed by atoms with Crippen molar-refractivity contribution in [2.45, 2.75) is 26.3 Å². The maximum Gasteiger partial charge on any atom is 0.215 e. The molecule has 0 atom stereocenters. The molecule has 3 aromatic rings. The molecule has 2 N–H and O–H groups in total. The molecule has 0 saturated carbocycles. The van der Waals surface area contributed by atoms with Crippen LogP contribution < -0.4 is 5.73 Å². The number of oxazole rings is 1. The van der Waals surface area contributed by atoms with Gasteiger partial charge >= 0.3 is 0 Å². The number of imidazole rings is 1. The number of anilines is 1. The van der Waals surface area contributed by atoms with Crippen LogP contribution in [-0.4, -0.2) is 14.5 Å². The predicted molar refractivity (Wildman–Crippen MR) is 73.8 cm³/mol. The van der Waals surface area contributed by atoms with Gasteiger partial charge in [0.15, 0.2) is 5.58 Å². The Kier molecular flexibility index (Phi) is 2.74. The van der Waals surface area contributed by atoms with Gasteiger partial charge < -0.3 is 14.7 Å². The van der Waals surface area contributed by atoms with Crippen LogP contribution in [-0.2, 0) is 6.54 Å². The van der Waals surface area contributed by atoms with Crippen molar-refractivity contribution in [3.05, 3.63) is 42.3 Å². The van der Waals surface area contributed by atoms with E-state index in [9.17, 15) is 0 Å². The second kappa shape index (κ2) is 4.42. The molecule has 1 aromatic carbocycles. The molecule has 98 valence electrons. The molecule has 0 aliphatic carbocycles. The highest BCUT2D eigenvalue weighted by Crippen LogP contribution is 2.20. The summed E-state index contributed by atoms with van der Waals surface area (Å²) in [5.74, 6) is 2.07. The van der Waals surface area contributed by atoms with Crippen molar-refractivity contribution in [1.29, 1.82) is 0 Å². The zero-order valence-electron chi connectivity index (χ0n) is 11.0. The highest BCUT2D eigenvalue weighted by atomic mass is 16.3. The second-order valence-electron chi connectivity index (χ2n) is 4.90. The molecule has 2 aromatic heterocycles. The molecule has 0 spiro atoms. The van der Waals surface area contributed by atoms with Gasteiger partial charge in [0.25, 0.3) is 0 Å². The number of rotatable bonds is 3. The first-order valence-electron chi connectivity index (χ1n) is 6.29. The average molecular weight is 256 g/mol. The summed E-state index contributed by atoms with van der Waals surface area (Å²) in [5, 5.41) is 0. The van der Waals surface area contributed by atoms with Crippen molar-refractivity contribution < 1.29 is 4.42 Å². The average Bonchev–Trinajstić information content (AvgIpc) is 2.95. The Morgan fingerprint density at radius 3 is 3.00 bits per heavy atom. The molecule has 2 heterocycles. The molecule has 3 rings (SSSR count). The van der Waals surface area contributed by atoms with Gasteiger partial charge in [0, 0.05) is 30.1 Å². The number of hydrogen-bond donors (Lipinski definition) is 1. The largest absolute Gasteiger partial charge is 0.439 e. The molecule has 19 heavy (non-hydrogen) atoms. The molecule has 0 bridgehead atoms. The zero-order chi connectivity index (χ0) is 13.4. The lowest BCUT2D eigenvalue weighted by Gasteiger charge is -2.07. The molecule has 0 unspecified atom stereocenters. The van der Waals surface area contributed by atoms with Crippen molar-refractivity contribution in [3.63, 3.8) is 0 Å². The van der Waals surface area contributed by atoms with Crippen LogP contribution in [0, 0.1) is 0 Å². The van der Waals surface area contributed by atoms with E-state index in [-0.39, 0.29) is 0 Å². The molecule has 0 fully saturated rings. The van der Waals surface area contributed by atoms with E-state index in [4.69, 9.17) is 10.2 Å². The number of hydrogen-bond acceptors (Lipinski definition) is 4. The third-order valence-corrected chi connectivity index (χ3v) is 3.03. The molecule has 0 aliphatic rings. The summed E-state index contributed by atoms with van der Waals surface area (Å²) in [6.07, 6.45) is 3.74. The van der Waals surface area contributed by atoms with Gasteiger partial charge in [-0.1, -0.05) is 13.8 Å². The van der Waals surface area contributed by atoms with Gasteiger partial charge in [-0.15, -0.1) is 0 Å². The number of aromatic nitrogens is 3. The van der Waals surface area contributed by atoms with Gasteiger partial charge in [-0.3, -0.25) is 0 Å². The summed E-state index contributed by atoms with van der Waals surface area (Å²) in [7, 11) is 0. The Labute approximate surface area is 111 Å². The lowest BCUT2D eigenvalue weighted by atomic mass is 10.2. The molecule has 0 amide bonds. The van der Waals surface area contributed by atoms with Crippen molar-refractivity contribution in [3.8, 4) is 0 Å². The van der Waals surface area contributed by atoms with E-state index >= 15 is 0 Å². The van der Waals surface area contributed by atoms with Crippen LogP contribution >= 0.6 is 0 Å². The van der Waals surface area contributed by atoms with Crippen LogP contribution in [0.1, 0.15) is 31.5 Å². The molecule has 0 aliphatic heterocycles. The van der Waals surface area contributed by atoms with Crippen LogP contribution in [0.2, 0.25) is 0 Å². The maximum absolute atomic E-state index is 5.73. The summed E-state index contributed by atoms with van der Waals surface area (Å²) < 4.78 is 7.77. The highest BCUT2D eigenvalue weighted by molar-refractivity contribution is 5.76. The number of nitrogens with zero attached hydrogens (tertiary/aromatic N) is 3. The van der Waals surface area contributed by atoms with E-state index in [0.29, 0.717) is 24.0 Å². The smallest absolute Gasteiger partial charge is 0.215 e. The number of benzene rings is 1. The van der Waals surface area contributed by atoms with Crippen LogP contribution in [0.4, 0.5) is 5.69 Å². The third-order valence-electron chi connectivity index (χ3n) is 3.03. The Morgan fingerprint density at radius 1 is 1.37 bits per heavy atom. The Morgan fingerprint density at radius 2 is 2.21 bits per heavy atom. The number of nitrogens with two attached hydrogens (primary N) is 1. The maximum atomic E-state index is 5.73. The van der Waals surface area contributed by atoms with Crippen LogP contribution in [0.3, 0.4) is 0 Å². The fraction of sp³-hybridized carbons (Fsp3) is 0.286. The van der Waals surface area contributed by atoms with E-state index in [0.717, 1.165) is 16.9 Å². The summed E-state index contributed by atoms with van der Waals surface area (Å²) in [6, 6.07) is 5.49. The SMILES string of the molecule is CC(C)c1nccn1Cc1nc2ccc(N)cc2o1. The van der Waals surface area contributed by atoms with Gasteiger partial charge in [0.2, 0.25) is 5.89 Å². The minimum atomic E-state index is 0.370. The van der Waals surface area contributed by atoms with E-state index in [1.165, 1.54) is 0 Å². The first-order chi connectivity index (χ1) is 9.13. The van der Waals surface area contributed by atoms with Gasteiger partial charge in [0.1, 0.15) is 17.9 Å². The predicted octanol–water partition coefficient (Wildman–Crippen LogP) is 2.78. The van der Waals surface area contributed by atoms with Crippen molar-refractivity contribution in [2.24, 2.45) is 0 Å². The summed E-state index contributed by atoms with van der Waals surface area (Å²) in [6.45, 7) is 4.82. The minimum absolute atomic E-state index is 0.370. The summed E-state index contributed by atoms with van der Waals surface area (Å²) in [4.78, 5) is 8.81. The fourth-order valence-electron chi connectivity index (χ4n) is 2.16. The van der Waals surface area contributed by atoms with Crippen LogP contribution in [0.15, 0.2) is 35.0 Å². The molecular formula is C14H16N4O. The van der Waals surface area contributed by atoms with E-state index in [1.54, 1.807) is 12.3 Å². The lowest BCUT2D eigenvalue weighted by Crippen LogP contribution is -2.05. The van der Waals surface area contributed by atoms with Crippen LogP contribution in [0.25, 0.3) is 11.1 Å². The normalized spacial score (nSPS) is 11.5.